The molecule has 4 rings (SSSR count). The highest BCUT2D eigenvalue weighted by atomic mass is 16.5. The molecule has 0 bridgehead atoms. The van der Waals surface area contributed by atoms with Crippen LogP contribution >= 0.6 is 0 Å². The summed E-state index contributed by atoms with van der Waals surface area (Å²) in [4.78, 5) is 6.66. The van der Waals surface area contributed by atoms with Crippen molar-refractivity contribution in [2.24, 2.45) is 10.7 Å². The van der Waals surface area contributed by atoms with Crippen LogP contribution in [0.3, 0.4) is 0 Å². The lowest BCUT2D eigenvalue weighted by atomic mass is 10.0. The number of rotatable bonds is 5. The van der Waals surface area contributed by atoms with E-state index in [2.05, 4.69) is 43.3 Å². The Morgan fingerprint density at radius 2 is 1.74 bits per heavy atom. The van der Waals surface area contributed by atoms with Gasteiger partial charge in [-0.25, -0.2) is 4.99 Å². The highest BCUT2D eigenvalue weighted by Crippen LogP contribution is 2.36. The Morgan fingerprint density at radius 3 is 2.52 bits per heavy atom. The van der Waals surface area contributed by atoms with E-state index in [9.17, 15) is 0 Å². The third kappa shape index (κ3) is 3.38. The van der Waals surface area contributed by atoms with Crippen molar-refractivity contribution >= 4 is 34.6 Å². The summed E-state index contributed by atoms with van der Waals surface area (Å²) < 4.78 is 5.84. The van der Waals surface area contributed by atoms with Crippen LogP contribution in [-0.2, 0) is 0 Å². The Morgan fingerprint density at radius 1 is 1.00 bits per heavy atom. The molecule has 0 aliphatic heterocycles. The molecule has 4 nitrogen and oxygen atoms in total. The van der Waals surface area contributed by atoms with Crippen molar-refractivity contribution in [2.45, 2.75) is 13.0 Å². The summed E-state index contributed by atoms with van der Waals surface area (Å²) >= 11 is 0. The summed E-state index contributed by atoms with van der Waals surface area (Å²) in [6.07, 6.45) is 4.28. The molecular weight excluding hydrogens is 334 g/mol. The Hall–Kier alpha value is -3.27. The van der Waals surface area contributed by atoms with Crippen LogP contribution in [-0.4, -0.2) is 30.6 Å². The molecule has 1 aliphatic rings. The van der Waals surface area contributed by atoms with Crippen LogP contribution in [0.15, 0.2) is 65.7 Å². The summed E-state index contributed by atoms with van der Waals surface area (Å²) in [7, 11) is 1.94. The highest BCUT2D eigenvalue weighted by molar-refractivity contribution is 6.09. The van der Waals surface area contributed by atoms with Gasteiger partial charge in [0.1, 0.15) is 12.4 Å². The normalized spacial score (nSPS) is 13.8. The number of hydrogen-bond donors (Lipinski definition) is 1. The Labute approximate surface area is 159 Å². The number of hydrogen-bond acceptors (Lipinski definition) is 2. The molecule has 3 aromatic rings. The molecule has 0 amide bonds. The monoisotopic (exact) mass is 357 g/mol. The fourth-order valence-corrected chi connectivity index (χ4v) is 3.28. The standard InChI is InChI=1S/C23H23N3O/c1-16(15-27-19-8-4-3-5-9-19)26(2)23(24)25-21-14-13-18-12-11-17-7-6-10-20(21)22(17)18/h3-14,16H,15H2,1-2H3,(H2,24,25). The summed E-state index contributed by atoms with van der Waals surface area (Å²) in [5, 5.41) is 2.37. The van der Waals surface area contributed by atoms with Crippen molar-refractivity contribution in [3.63, 3.8) is 0 Å². The number of aliphatic imine (C=N–C) groups is 1. The van der Waals surface area contributed by atoms with Crippen molar-refractivity contribution in [1.82, 2.24) is 4.90 Å². The van der Waals surface area contributed by atoms with Crippen LogP contribution in [0.25, 0.3) is 22.9 Å². The van der Waals surface area contributed by atoms with Gasteiger partial charge in [-0.1, -0.05) is 54.6 Å². The fraction of sp³-hybridized carbons (Fsp3) is 0.174. The van der Waals surface area contributed by atoms with Gasteiger partial charge in [-0.05, 0) is 41.6 Å². The maximum absolute atomic E-state index is 6.31. The van der Waals surface area contributed by atoms with Crippen LogP contribution < -0.4 is 10.5 Å². The van der Waals surface area contributed by atoms with Crippen LogP contribution in [0.2, 0.25) is 0 Å². The number of guanidine groups is 1. The van der Waals surface area contributed by atoms with Crippen molar-refractivity contribution in [3.8, 4) is 5.75 Å². The van der Waals surface area contributed by atoms with E-state index in [4.69, 9.17) is 15.5 Å². The third-order valence-corrected chi connectivity index (χ3v) is 5.02. The van der Waals surface area contributed by atoms with Gasteiger partial charge in [-0.2, -0.15) is 0 Å². The second-order valence-corrected chi connectivity index (χ2v) is 6.83. The van der Waals surface area contributed by atoms with Gasteiger partial charge in [0.25, 0.3) is 0 Å². The Bertz CT molecular complexity index is 1010. The Balaban J connectivity index is 1.53. The maximum atomic E-state index is 6.31. The van der Waals surface area contributed by atoms with Crippen molar-refractivity contribution in [2.75, 3.05) is 13.7 Å². The lowest BCUT2D eigenvalue weighted by Crippen LogP contribution is -2.43. The second-order valence-electron chi connectivity index (χ2n) is 6.83. The maximum Gasteiger partial charge on any atom is 0.196 e. The van der Waals surface area contributed by atoms with Crippen molar-refractivity contribution in [3.05, 3.63) is 71.8 Å². The van der Waals surface area contributed by atoms with Gasteiger partial charge in [0.05, 0.1) is 11.7 Å². The fourth-order valence-electron chi connectivity index (χ4n) is 3.28. The number of para-hydroxylation sites is 1. The molecule has 0 saturated carbocycles. The van der Waals surface area contributed by atoms with Gasteiger partial charge in [0.2, 0.25) is 0 Å². The molecule has 136 valence electrons. The first kappa shape index (κ1) is 17.2. The van der Waals surface area contributed by atoms with Crippen LogP contribution in [0.5, 0.6) is 5.75 Å². The molecule has 0 radical (unpaired) electrons. The minimum atomic E-state index is 0.0902. The van der Waals surface area contributed by atoms with Gasteiger partial charge < -0.3 is 15.4 Å². The minimum absolute atomic E-state index is 0.0902. The molecule has 0 aromatic heterocycles. The largest absolute Gasteiger partial charge is 0.491 e. The lowest BCUT2D eigenvalue weighted by molar-refractivity contribution is 0.226. The molecule has 4 heteroatoms. The first-order valence-electron chi connectivity index (χ1n) is 9.12. The number of nitrogens with zero attached hydrogens (tertiary/aromatic N) is 2. The van der Waals surface area contributed by atoms with E-state index >= 15 is 0 Å². The quantitative estimate of drug-likeness (QED) is 0.417. The molecule has 2 N–H and O–H groups in total. The van der Waals surface area contributed by atoms with Gasteiger partial charge >= 0.3 is 0 Å². The van der Waals surface area contributed by atoms with Crippen LogP contribution in [0.1, 0.15) is 18.1 Å². The summed E-state index contributed by atoms with van der Waals surface area (Å²) in [6.45, 7) is 2.60. The van der Waals surface area contributed by atoms with E-state index in [-0.39, 0.29) is 6.04 Å². The number of likely N-dealkylation sites (N-methyl/N-ethyl adjacent to an activating group) is 1. The molecule has 0 spiro atoms. The van der Waals surface area contributed by atoms with E-state index in [0.29, 0.717) is 12.6 Å². The van der Waals surface area contributed by atoms with Gasteiger partial charge in [0, 0.05) is 12.4 Å². The molecular formula is C23H23N3O. The van der Waals surface area contributed by atoms with E-state index in [1.165, 1.54) is 16.5 Å². The van der Waals surface area contributed by atoms with E-state index in [1.54, 1.807) is 0 Å². The molecule has 0 saturated heterocycles. The molecule has 3 aromatic carbocycles. The zero-order chi connectivity index (χ0) is 18.8. The average molecular weight is 357 g/mol. The molecule has 1 unspecified atom stereocenters. The first-order valence-corrected chi connectivity index (χ1v) is 9.12. The zero-order valence-electron chi connectivity index (χ0n) is 15.6. The lowest BCUT2D eigenvalue weighted by Gasteiger charge is -2.26. The first-order chi connectivity index (χ1) is 13.1. The molecule has 27 heavy (non-hydrogen) atoms. The average Bonchev–Trinajstić information content (AvgIpc) is 3.13. The number of nitrogens with two attached hydrogens (primary N) is 1. The predicted molar refractivity (Wildman–Crippen MR) is 113 cm³/mol. The smallest absolute Gasteiger partial charge is 0.196 e. The molecule has 0 fully saturated rings. The molecule has 1 aliphatic carbocycles. The highest BCUT2D eigenvalue weighted by Gasteiger charge is 2.15. The van der Waals surface area contributed by atoms with Gasteiger partial charge in [-0.15, -0.1) is 0 Å². The summed E-state index contributed by atoms with van der Waals surface area (Å²) in [5.74, 6) is 1.33. The third-order valence-electron chi connectivity index (χ3n) is 5.02. The zero-order valence-corrected chi connectivity index (χ0v) is 15.6. The SMILES string of the molecule is CC(COc1ccccc1)N(C)C(N)=Nc1ccc2c3c(cccc13)C=C2. The Kier molecular flexibility index (Phi) is 4.55. The van der Waals surface area contributed by atoms with Crippen molar-refractivity contribution in [1.29, 1.82) is 0 Å². The predicted octanol–water partition coefficient (Wildman–Crippen LogP) is 4.67. The molecule has 1 atom stereocenters. The topological polar surface area (TPSA) is 50.9 Å². The summed E-state index contributed by atoms with van der Waals surface area (Å²) in [6, 6.07) is 20.3. The molecule has 0 heterocycles. The van der Waals surface area contributed by atoms with Crippen LogP contribution in [0, 0.1) is 0 Å². The summed E-state index contributed by atoms with van der Waals surface area (Å²) in [5.41, 5.74) is 9.66. The van der Waals surface area contributed by atoms with Crippen molar-refractivity contribution < 1.29 is 4.74 Å². The van der Waals surface area contributed by atoms with E-state index < -0.39 is 0 Å². The van der Waals surface area contributed by atoms with Gasteiger partial charge in [-0.3, -0.25) is 0 Å². The second kappa shape index (κ2) is 7.16. The van der Waals surface area contributed by atoms with Crippen LogP contribution in [0.4, 0.5) is 5.69 Å². The van der Waals surface area contributed by atoms with E-state index in [1.807, 2.05) is 48.3 Å². The van der Waals surface area contributed by atoms with Gasteiger partial charge in [0.15, 0.2) is 5.96 Å². The number of benzene rings is 3. The number of ether oxygens (including phenoxy) is 1. The minimum Gasteiger partial charge on any atom is -0.491 e. The van der Waals surface area contributed by atoms with E-state index in [0.717, 1.165) is 16.8 Å².